The molecule has 168 valence electrons. The minimum absolute atomic E-state index is 0.0354. The van der Waals surface area contributed by atoms with E-state index in [-0.39, 0.29) is 11.9 Å². The summed E-state index contributed by atoms with van der Waals surface area (Å²) >= 11 is 0. The van der Waals surface area contributed by atoms with Gasteiger partial charge in [0.15, 0.2) is 5.82 Å². The number of methoxy groups -OCH3 is 1. The van der Waals surface area contributed by atoms with Crippen molar-refractivity contribution < 1.29 is 17.5 Å². The van der Waals surface area contributed by atoms with Gasteiger partial charge in [0.05, 0.1) is 24.9 Å². The summed E-state index contributed by atoms with van der Waals surface area (Å²) in [5.41, 5.74) is 0.917. The van der Waals surface area contributed by atoms with Crippen molar-refractivity contribution in [2.45, 2.75) is 31.3 Å². The molecule has 3 heterocycles. The summed E-state index contributed by atoms with van der Waals surface area (Å²) in [5, 5.41) is 12.6. The minimum Gasteiger partial charge on any atom is -0.383 e. The fourth-order valence-electron chi connectivity index (χ4n) is 3.25. The van der Waals surface area contributed by atoms with Crippen molar-refractivity contribution in [3.63, 3.8) is 0 Å². The molecule has 4 aromatic rings. The largest absolute Gasteiger partial charge is 0.383 e. The van der Waals surface area contributed by atoms with E-state index >= 15 is 0 Å². The monoisotopic (exact) mass is 459 g/mol. The van der Waals surface area contributed by atoms with Gasteiger partial charge in [-0.25, -0.2) is 17.8 Å². The Morgan fingerprint density at radius 2 is 2.06 bits per heavy atom. The van der Waals surface area contributed by atoms with E-state index in [1.807, 2.05) is 18.4 Å². The minimum atomic E-state index is -4.27. The van der Waals surface area contributed by atoms with Crippen LogP contribution >= 0.6 is 0 Å². The van der Waals surface area contributed by atoms with Crippen LogP contribution in [0.1, 0.15) is 19.9 Å². The van der Waals surface area contributed by atoms with Crippen molar-refractivity contribution in [3.8, 4) is 11.5 Å². The molecule has 0 amide bonds. The normalized spacial score (nSPS) is 12.0. The van der Waals surface area contributed by atoms with E-state index in [9.17, 15) is 12.8 Å². The lowest BCUT2D eigenvalue weighted by molar-refractivity contribution is 0.185. The topological polar surface area (TPSA) is 117 Å². The Balaban J connectivity index is 1.68. The zero-order valence-corrected chi connectivity index (χ0v) is 18.5. The van der Waals surface area contributed by atoms with E-state index in [1.54, 1.807) is 30.3 Å². The van der Waals surface area contributed by atoms with Crippen LogP contribution in [0.25, 0.3) is 22.4 Å². The van der Waals surface area contributed by atoms with Crippen LogP contribution in [0.15, 0.2) is 47.8 Å². The molecule has 4 rings (SSSR count). The molecule has 1 aromatic carbocycles. The smallest absolute Gasteiger partial charge is 0.266 e. The second-order valence-electron chi connectivity index (χ2n) is 7.37. The standard InChI is InChI=1S/C20H22FN7O3S/c1-13(2)27-12-22-25-20(27)16-5-4-6-19(24-16)26-32(29,30)18-10-17-14(9-15(18)21)11-23-28(17)7-8-31-3/h4-6,9-13H,7-8H2,1-3H3,(H,24,26). The summed E-state index contributed by atoms with van der Waals surface area (Å²) in [6, 6.07) is 7.31. The number of halogens is 1. The van der Waals surface area contributed by atoms with Gasteiger partial charge in [0.25, 0.3) is 10.0 Å². The number of benzene rings is 1. The maximum atomic E-state index is 14.7. The number of rotatable bonds is 8. The molecule has 0 unspecified atom stereocenters. The van der Waals surface area contributed by atoms with Gasteiger partial charge < -0.3 is 9.30 Å². The molecule has 3 aromatic heterocycles. The summed E-state index contributed by atoms with van der Waals surface area (Å²) < 4.78 is 51.5. The lowest BCUT2D eigenvalue weighted by Crippen LogP contribution is -2.16. The zero-order valence-electron chi connectivity index (χ0n) is 17.7. The molecule has 32 heavy (non-hydrogen) atoms. The maximum absolute atomic E-state index is 14.7. The van der Waals surface area contributed by atoms with Crippen LogP contribution in [0, 0.1) is 5.82 Å². The zero-order chi connectivity index (χ0) is 22.9. The number of sulfonamides is 1. The fraction of sp³-hybridized carbons (Fsp3) is 0.300. The number of nitrogens with zero attached hydrogens (tertiary/aromatic N) is 6. The molecule has 0 saturated carbocycles. The average Bonchev–Trinajstić information content (AvgIpc) is 3.38. The van der Waals surface area contributed by atoms with E-state index < -0.39 is 20.7 Å². The predicted molar refractivity (Wildman–Crippen MR) is 116 cm³/mol. The molecule has 0 saturated heterocycles. The lowest BCUT2D eigenvalue weighted by atomic mass is 10.2. The molecule has 1 N–H and O–H groups in total. The van der Waals surface area contributed by atoms with Crippen molar-refractivity contribution in [2.75, 3.05) is 18.4 Å². The van der Waals surface area contributed by atoms with E-state index in [0.717, 1.165) is 6.07 Å². The van der Waals surface area contributed by atoms with Gasteiger partial charge >= 0.3 is 0 Å². The molecule has 0 spiro atoms. The molecular formula is C20H22FN7O3S. The molecule has 0 aliphatic heterocycles. The molecule has 0 fully saturated rings. The van der Waals surface area contributed by atoms with Crippen molar-refractivity contribution in [1.82, 2.24) is 29.5 Å². The van der Waals surface area contributed by atoms with Gasteiger partial charge in [0.1, 0.15) is 28.6 Å². The van der Waals surface area contributed by atoms with Gasteiger partial charge in [0, 0.05) is 18.5 Å². The summed E-state index contributed by atoms with van der Waals surface area (Å²) in [4.78, 5) is 3.84. The van der Waals surface area contributed by atoms with Gasteiger partial charge in [-0.2, -0.15) is 5.10 Å². The fourth-order valence-corrected chi connectivity index (χ4v) is 4.33. The maximum Gasteiger partial charge on any atom is 0.266 e. The Bertz CT molecular complexity index is 1360. The number of ether oxygens (including phenoxy) is 1. The molecule has 0 aliphatic carbocycles. The second-order valence-corrected chi connectivity index (χ2v) is 9.02. The number of anilines is 1. The summed E-state index contributed by atoms with van der Waals surface area (Å²) in [6.45, 7) is 4.72. The summed E-state index contributed by atoms with van der Waals surface area (Å²) in [6.07, 6.45) is 3.06. The summed E-state index contributed by atoms with van der Waals surface area (Å²) in [7, 11) is -2.71. The third-order valence-corrected chi connectivity index (χ3v) is 6.21. The van der Waals surface area contributed by atoms with Crippen molar-refractivity contribution in [3.05, 3.63) is 48.7 Å². The first-order valence-corrected chi connectivity index (χ1v) is 11.3. The highest BCUT2D eigenvalue weighted by atomic mass is 32.2. The third-order valence-electron chi connectivity index (χ3n) is 4.84. The summed E-state index contributed by atoms with van der Waals surface area (Å²) in [5.74, 6) is -0.351. The Labute approximate surface area is 184 Å². The van der Waals surface area contributed by atoms with Crippen molar-refractivity contribution in [1.29, 1.82) is 0 Å². The molecule has 10 nitrogen and oxygen atoms in total. The van der Waals surface area contributed by atoms with Gasteiger partial charge in [0.2, 0.25) is 0 Å². The first-order valence-electron chi connectivity index (χ1n) is 9.84. The number of aromatic nitrogens is 6. The van der Waals surface area contributed by atoms with Crippen LogP contribution in [-0.2, 0) is 21.3 Å². The number of hydrogen-bond donors (Lipinski definition) is 1. The van der Waals surface area contributed by atoms with Crippen LogP contribution in [0.5, 0.6) is 0 Å². The number of nitrogens with one attached hydrogen (secondary N) is 1. The van der Waals surface area contributed by atoms with E-state index in [2.05, 4.69) is 25.0 Å². The van der Waals surface area contributed by atoms with Gasteiger partial charge in [-0.15, -0.1) is 10.2 Å². The highest BCUT2D eigenvalue weighted by Gasteiger charge is 2.22. The lowest BCUT2D eigenvalue weighted by Gasteiger charge is -2.12. The number of pyridine rings is 1. The molecule has 0 radical (unpaired) electrons. The Morgan fingerprint density at radius 1 is 1.25 bits per heavy atom. The Kier molecular flexibility index (Phi) is 5.89. The van der Waals surface area contributed by atoms with E-state index in [1.165, 1.54) is 18.3 Å². The van der Waals surface area contributed by atoms with Crippen LogP contribution in [0.3, 0.4) is 0 Å². The van der Waals surface area contributed by atoms with Crippen LogP contribution in [0.2, 0.25) is 0 Å². The highest BCUT2D eigenvalue weighted by molar-refractivity contribution is 7.92. The van der Waals surface area contributed by atoms with Gasteiger partial charge in [-0.1, -0.05) is 6.07 Å². The second kappa shape index (κ2) is 8.63. The predicted octanol–water partition coefficient (Wildman–Crippen LogP) is 2.86. The van der Waals surface area contributed by atoms with Crippen molar-refractivity contribution in [2.24, 2.45) is 0 Å². The van der Waals surface area contributed by atoms with Gasteiger partial charge in [-0.3, -0.25) is 9.40 Å². The molecule has 0 bridgehead atoms. The molecule has 12 heteroatoms. The average molecular weight is 460 g/mol. The van der Waals surface area contributed by atoms with E-state index in [4.69, 9.17) is 4.74 Å². The number of fused-ring (bicyclic) bond motifs is 1. The Hall–Kier alpha value is -3.38. The van der Waals surface area contributed by atoms with Crippen molar-refractivity contribution >= 4 is 26.7 Å². The van der Waals surface area contributed by atoms with Crippen LogP contribution in [-0.4, -0.2) is 51.7 Å². The first kappa shape index (κ1) is 21.8. The van der Waals surface area contributed by atoms with Crippen LogP contribution in [0.4, 0.5) is 10.2 Å². The first-order chi connectivity index (χ1) is 15.3. The van der Waals surface area contributed by atoms with Gasteiger partial charge in [-0.05, 0) is 38.1 Å². The van der Waals surface area contributed by atoms with Crippen LogP contribution < -0.4 is 4.72 Å². The van der Waals surface area contributed by atoms with E-state index in [0.29, 0.717) is 35.6 Å². The molecule has 0 atom stereocenters. The third kappa shape index (κ3) is 4.18. The number of hydrogen-bond acceptors (Lipinski definition) is 7. The highest BCUT2D eigenvalue weighted by Crippen LogP contribution is 2.25. The SMILES string of the molecule is COCCn1ncc2cc(F)c(S(=O)(=O)Nc3cccc(-c4nncn4C(C)C)n3)cc21. The molecular weight excluding hydrogens is 437 g/mol. The Morgan fingerprint density at radius 3 is 2.81 bits per heavy atom. The molecule has 0 aliphatic rings. The quantitative estimate of drug-likeness (QED) is 0.431.